The minimum absolute atomic E-state index is 0.150. The van der Waals surface area contributed by atoms with Gasteiger partial charge in [-0.15, -0.1) is 0 Å². The van der Waals surface area contributed by atoms with Crippen LogP contribution in [0.2, 0.25) is 0 Å². The summed E-state index contributed by atoms with van der Waals surface area (Å²) >= 11 is 0. The lowest BCUT2D eigenvalue weighted by molar-refractivity contribution is -0.104. The minimum atomic E-state index is -1.07. The van der Waals surface area contributed by atoms with Crippen molar-refractivity contribution in [3.05, 3.63) is 11.6 Å². The average Bonchev–Trinajstić information content (AvgIpc) is 1.88. The Morgan fingerprint density at radius 3 is 3.11 bits per heavy atom. The first-order chi connectivity index (χ1) is 4.33. The van der Waals surface area contributed by atoms with Crippen LogP contribution in [-0.4, -0.2) is 25.2 Å². The topological polar surface area (TPSA) is 29.4 Å². The number of aldehydes is 1. The fourth-order valence-electron chi connectivity index (χ4n) is 0.633. The summed E-state index contributed by atoms with van der Waals surface area (Å²) in [6.07, 6.45) is 2.16. The predicted octanol–water partition coefficient (Wildman–Crippen LogP) is 0.534. The second-order valence-corrected chi connectivity index (χ2v) is 1.79. The van der Waals surface area contributed by atoms with Crippen molar-refractivity contribution < 1.29 is 9.18 Å². The third-order valence-electron chi connectivity index (χ3n) is 1.03. The standard InChI is InChI=1S/C6H6FNO/c7-6-1-5(4-9)2-8-3-6/h1-2,4,6H,3H2. The van der Waals surface area contributed by atoms with Crippen molar-refractivity contribution >= 4 is 12.5 Å². The van der Waals surface area contributed by atoms with Crippen LogP contribution in [-0.2, 0) is 4.79 Å². The molecule has 0 aliphatic carbocycles. The molecule has 3 heteroatoms. The summed E-state index contributed by atoms with van der Waals surface area (Å²) in [6, 6.07) is 0. The maximum absolute atomic E-state index is 12.3. The summed E-state index contributed by atoms with van der Waals surface area (Å²) in [6.45, 7) is 0.150. The van der Waals surface area contributed by atoms with Crippen molar-refractivity contribution in [1.29, 1.82) is 0 Å². The van der Waals surface area contributed by atoms with Gasteiger partial charge in [-0.05, 0) is 6.08 Å². The van der Waals surface area contributed by atoms with Gasteiger partial charge < -0.3 is 0 Å². The van der Waals surface area contributed by atoms with Gasteiger partial charge in [0, 0.05) is 11.8 Å². The van der Waals surface area contributed by atoms with Crippen LogP contribution in [0.3, 0.4) is 0 Å². The Hall–Kier alpha value is -0.990. The highest BCUT2D eigenvalue weighted by Gasteiger charge is 2.06. The number of carbonyl (C=O) groups is 1. The quantitative estimate of drug-likeness (QED) is 0.472. The molecule has 48 valence electrons. The number of dihydropyridines is 1. The lowest BCUT2D eigenvalue weighted by atomic mass is 10.2. The van der Waals surface area contributed by atoms with Gasteiger partial charge in [-0.3, -0.25) is 9.79 Å². The molecule has 0 aromatic heterocycles. The Morgan fingerprint density at radius 1 is 1.89 bits per heavy atom. The van der Waals surface area contributed by atoms with Gasteiger partial charge in [0.1, 0.15) is 6.17 Å². The smallest absolute Gasteiger partial charge is 0.151 e. The van der Waals surface area contributed by atoms with Crippen LogP contribution in [0.1, 0.15) is 0 Å². The van der Waals surface area contributed by atoms with E-state index in [1.807, 2.05) is 0 Å². The fraction of sp³-hybridized carbons (Fsp3) is 0.333. The number of hydrogen-bond acceptors (Lipinski definition) is 2. The van der Waals surface area contributed by atoms with Crippen LogP contribution < -0.4 is 0 Å². The zero-order valence-corrected chi connectivity index (χ0v) is 4.75. The Bertz CT molecular complexity index is 174. The first-order valence-electron chi connectivity index (χ1n) is 2.64. The highest BCUT2D eigenvalue weighted by atomic mass is 19.1. The maximum atomic E-state index is 12.3. The van der Waals surface area contributed by atoms with E-state index in [2.05, 4.69) is 4.99 Å². The van der Waals surface area contributed by atoms with Gasteiger partial charge in [-0.25, -0.2) is 4.39 Å². The minimum Gasteiger partial charge on any atom is -0.298 e. The second kappa shape index (κ2) is 2.53. The molecule has 1 heterocycles. The Kier molecular flexibility index (Phi) is 1.72. The molecule has 1 rings (SSSR count). The van der Waals surface area contributed by atoms with E-state index in [1.54, 1.807) is 0 Å². The molecule has 0 fully saturated rings. The van der Waals surface area contributed by atoms with Gasteiger partial charge in [0.2, 0.25) is 0 Å². The predicted molar refractivity (Wildman–Crippen MR) is 32.4 cm³/mol. The highest BCUT2D eigenvalue weighted by molar-refractivity contribution is 6.02. The molecule has 1 unspecified atom stereocenters. The molecule has 0 aromatic rings. The normalized spacial score (nSPS) is 25.4. The lowest BCUT2D eigenvalue weighted by Crippen LogP contribution is -2.08. The van der Waals surface area contributed by atoms with Crippen molar-refractivity contribution in [2.75, 3.05) is 6.54 Å². The first kappa shape index (κ1) is 6.13. The van der Waals surface area contributed by atoms with E-state index in [0.717, 1.165) is 0 Å². The molecule has 0 bridgehead atoms. The Balaban J connectivity index is 2.70. The number of nitrogens with zero attached hydrogens (tertiary/aromatic N) is 1. The molecule has 0 radical (unpaired) electrons. The van der Waals surface area contributed by atoms with Gasteiger partial charge >= 0.3 is 0 Å². The van der Waals surface area contributed by atoms with Crippen LogP contribution in [0, 0.1) is 0 Å². The zero-order chi connectivity index (χ0) is 6.69. The van der Waals surface area contributed by atoms with Gasteiger partial charge in [-0.1, -0.05) is 0 Å². The van der Waals surface area contributed by atoms with E-state index in [1.165, 1.54) is 12.3 Å². The summed E-state index contributed by atoms with van der Waals surface area (Å²) in [7, 11) is 0. The molecule has 0 N–H and O–H groups in total. The van der Waals surface area contributed by atoms with E-state index in [0.29, 0.717) is 11.9 Å². The first-order valence-corrected chi connectivity index (χ1v) is 2.64. The summed E-state index contributed by atoms with van der Waals surface area (Å²) in [4.78, 5) is 13.6. The van der Waals surface area contributed by atoms with Crippen LogP contribution in [0.4, 0.5) is 4.39 Å². The van der Waals surface area contributed by atoms with Crippen molar-refractivity contribution in [2.45, 2.75) is 6.17 Å². The number of carbonyl (C=O) groups excluding carboxylic acids is 1. The highest BCUT2D eigenvalue weighted by Crippen LogP contribution is 2.02. The molecule has 0 saturated heterocycles. The molecule has 2 nitrogen and oxygen atoms in total. The lowest BCUT2D eigenvalue weighted by Gasteiger charge is -2.02. The summed E-state index contributed by atoms with van der Waals surface area (Å²) in [5, 5.41) is 0. The molecular weight excluding hydrogens is 121 g/mol. The SMILES string of the molecule is O=CC1=CC(F)CN=C1. The van der Waals surface area contributed by atoms with E-state index >= 15 is 0 Å². The van der Waals surface area contributed by atoms with Crippen molar-refractivity contribution in [1.82, 2.24) is 0 Å². The van der Waals surface area contributed by atoms with E-state index in [-0.39, 0.29) is 6.54 Å². The zero-order valence-electron chi connectivity index (χ0n) is 4.75. The van der Waals surface area contributed by atoms with E-state index in [4.69, 9.17) is 0 Å². The number of rotatable bonds is 1. The molecule has 9 heavy (non-hydrogen) atoms. The van der Waals surface area contributed by atoms with Gasteiger partial charge in [0.05, 0.1) is 6.54 Å². The number of hydrogen-bond donors (Lipinski definition) is 0. The Morgan fingerprint density at radius 2 is 2.67 bits per heavy atom. The molecule has 1 aliphatic rings. The third kappa shape index (κ3) is 1.45. The van der Waals surface area contributed by atoms with Gasteiger partial charge in [0.25, 0.3) is 0 Å². The molecule has 1 atom stereocenters. The van der Waals surface area contributed by atoms with Crippen molar-refractivity contribution in [3.63, 3.8) is 0 Å². The van der Waals surface area contributed by atoms with E-state index in [9.17, 15) is 9.18 Å². The van der Waals surface area contributed by atoms with Gasteiger partial charge in [0.15, 0.2) is 6.29 Å². The largest absolute Gasteiger partial charge is 0.298 e. The molecule has 1 aliphatic heterocycles. The molecule has 0 aromatic carbocycles. The number of alkyl halides is 1. The summed E-state index contributed by atoms with van der Waals surface area (Å²) in [5.41, 5.74) is 0.328. The van der Waals surface area contributed by atoms with Crippen molar-refractivity contribution in [2.24, 2.45) is 4.99 Å². The molecule has 0 amide bonds. The van der Waals surface area contributed by atoms with Crippen LogP contribution in [0.5, 0.6) is 0 Å². The van der Waals surface area contributed by atoms with Crippen LogP contribution in [0.25, 0.3) is 0 Å². The monoisotopic (exact) mass is 127 g/mol. The number of halogens is 1. The third-order valence-corrected chi connectivity index (χ3v) is 1.03. The fourth-order valence-corrected chi connectivity index (χ4v) is 0.633. The number of allylic oxidation sites excluding steroid dienone is 1. The van der Waals surface area contributed by atoms with Crippen LogP contribution in [0.15, 0.2) is 16.6 Å². The van der Waals surface area contributed by atoms with Crippen molar-refractivity contribution in [3.8, 4) is 0 Å². The molecule has 0 saturated carbocycles. The average molecular weight is 127 g/mol. The Labute approximate surface area is 52.1 Å². The summed E-state index contributed by atoms with van der Waals surface area (Å²) < 4.78 is 12.3. The van der Waals surface area contributed by atoms with Gasteiger partial charge in [-0.2, -0.15) is 0 Å². The molecular formula is C6H6FNO. The van der Waals surface area contributed by atoms with E-state index < -0.39 is 6.17 Å². The van der Waals surface area contributed by atoms with Crippen LogP contribution >= 0.6 is 0 Å². The second-order valence-electron chi connectivity index (χ2n) is 1.79. The maximum Gasteiger partial charge on any atom is 0.151 e. The molecule has 0 spiro atoms. The number of aliphatic imine (C=N–C) groups is 1. The summed E-state index contributed by atoms with van der Waals surface area (Å²) in [5.74, 6) is 0.